The zero-order valence-corrected chi connectivity index (χ0v) is 15.2. The number of allylic oxidation sites excluding steroid dienone is 12. The van der Waals surface area contributed by atoms with Crippen molar-refractivity contribution in [2.45, 2.75) is 19.3 Å². The van der Waals surface area contributed by atoms with Crippen LogP contribution in [0.25, 0.3) is 0 Å². The molecule has 0 aliphatic heterocycles. The van der Waals surface area contributed by atoms with E-state index >= 15 is 0 Å². The van der Waals surface area contributed by atoms with Crippen LogP contribution in [0.15, 0.2) is 70.9 Å². The molecule has 19 heavy (non-hydrogen) atoms. The van der Waals surface area contributed by atoms with Crippen molar-refractivity contribution in [3.63, 3.8) is 0 Å². The normalized spacial score (nSPS) is 30.6. The van der Waals surface area contributed by atoms with Crippen molar-refractivity contribution in [2.24, 2.45) is 11.3 Å². The van der Waals surface area contributed by atoms with Gasteiger partial charge in [0.25, 0.3) is 0 Å². The van der Waals surface area contributed by atoms with Crippen molar-refractivity contribution < 1.29 is 31.1 Å². The third-order valence-corrected chi connectivity index (χ3v) is 4.31. The van der Waals surface area contributed by atoms with Crippen LogP contribution in [0.1, 0.15) is 19.3 Å². The molecule has 0 N–H and O–H groups in total. The minimum atomic E-state index is -0.120. The zero-order chi connectivity index (χ0) is 12.2. The topological polar surface area (TPSA) is 0 Å². The summed E-state index contributed by atoms with van der Waals surface area (Å²) in [5, 5.41) is 0. The van der Waals surface area contributed by atoms with Gasteiger partial charge in [-0.1, -0.05) is 47.4 Å². The van der Waals surface area contributed by atoms with Gasteiger partial charge in [-0.15, -0.1) is 12.2 Å². The SMILES string of the molecule is [CH2-]C12C=CC3=CC1=C(C=CC(CC1CC1)=C3)C=C2.[U]. The van der Waals surface area contributed by atoms with E-state index in [1.165, 1.54) is 41.6 Å². The fraction of sp³-hybridized carbons (Fsp3) is 0.278. The molecule has 0 aromatic rings. The van der Waals surface area contributed by atoms with Crippen LogP contribution in [0.3, 0.4) is 0 Å². The van der Waals surface area contributed by atoms with Crippen LogP contribution in [0.4, 0.5) is 0 Å². The molecule has 4 aliphatic carbocycles. The predicted molar refractivity (Wildman–Crippen MR) is 75.7 cm³/mol. The van der Waals surface area contributed by atoms with Crippen LogP contribution < -0.4 is 0 Å². The van der Waals surface area contributed by atoms with Crippen molar-refractivity contribution >= 4 is 0 Å². The van der Waals surface area contributed by atoms with Crippen molar-refractivity contribution in [1.82, 2.24) is 0 Å². The molecule has 0 nitrogen and oxygen atoms in total. The van der Waals surface area contributed by atoms with E-state index in [1.807, 2.05) is 0 Å². The van der Waals surface area contributed by atoms with Gasteiger partial charge in [0.2, 0.25) is 0 Å². The van der Waals surface area contributed by atoms with Crippen molar-refractivity contribution in [1.29, 1.82) is 0 Å². The van der Waals surface area contributed by atoms with Crippen LogP contribution in [0.2, 0.25) is 0 Å². The zero-order valence-electron chi connectivity index (χ0n) is 11.0. The summed E-state index contributed by atoms with van der Waals surface area (Å²) in [4.78, 5) is 0. The molecular weight excluding hydrogens is 454 g/mol. The molecule has 1 atom stereocenters. The second-order valence-electron chi connectivity index (χ2n) is 5.92. The average molecular weight is 471 g/mol. The first-order valence-electron chi connectivity index (χ1n) is 6.82. The molecule has 0 radical (unpaired) electrons. The Labute approximate surface area is 139 Å². The summed E-state index contributed by atoms with van der Waals surface area (Å²) in [6, 6.07) is 0. The molecule has 0 amide bonds. The molecule has 1 saturated carbocycles. The molecule has 4 aliphatic rings. The van der Waals surface area contributed by atoms with E-state index in [-0.39, 0.29) is 36.5 Å². The predicted octanol–water partition coefficient (Wildman–Crippen LogP) is 4.47. The van der Waals surface area contributed by atoms with Gasteiger partial charge in [-0.25, -0.2) is 0 Å². The van der Waals surface area contributed by atoms with Crippen LogP contribution in [0, 0.1) is 49.4 Å². The monoisotopic (exact) mass is 471 g/mol. The summed E-state index contributed by atoms with van der Waals surface area (Å²) in [5.41, 5.74) is 5.35. The van der Waals surface area contributed by atoms with Gasteiger partial charge >= 0.3 is 0 Å². The summed E-state index contributed by atoms with van der Waals surface area (Å²) in [6.07, 6.45) is 22.1. The minimum Gasteiger partial charge on any atom is -0.325 e. The molecule has 0 aromatic heterocycles. The van der Waals surface area contributed by atoms with E-state index < -0.39 is 0 Å². The van der Waals surface area contributed by atoms with Crippen LogP contribution in [-0.2, 0) is 0 Å². The van der Waals surface area contributed by atoms with Gasteiger partial charge < -0.3 is 6.92 Å². The third kappa shape index (κ3) is 2.44. The van der Waals surface area contributed by atoms with Gasteiger partial charge in [-0.3, -0.25) is 0 Å². The molecule has 2 bridgehead atoms. The number of hydrogen-bond donors (Lipinski definition) is 0. The van der Waals surface area contributed by atoms with E-state index in [0.717, 1.165) is 5.92 Å². The molecule has 94 valence electrons. The number of rotatable bonds is 2. The van der Waals surface area contributed by atoms with Crippen molar-refractivity contribution in [3.05, 3.63) is 77.8 Å². The van der Waals surface area contributed by atoms with E-state index in [1.54, 1.807) is 0 Å². The van der Waals surface area contributed by atoms with Crippen molar-refractivity contribution in [2.75, 3.05) is 0 Å². The maximum absolute atomic E-state index is 4.33. The number of hydrogen-bond acceptors (Lipinski definition) is 0. The van der Waals surface area contributed by atoms with E-state index in [4.69, 9.17) is 0 Å². The molecule has 0 spiro atoms. The fourth-order valence-electron chi connectivity index (χ4n) is 2.99. The van der Waals surface area contributed by atoms with Crippen molar-refractivity contribution in [3.8, 4) is 0 Å². The largest absolute Gasteiger partial charge is 0.325 e. The summed E-state index contributed by atoms with van der Waals surface area (Å²) in [5.74, 6) is 0.938. The Balaban J connectivity index is 0.00000110. The first-order chi connectivity index (χ1) is 8.73. The van der Waals surface area contributed by atoms with Gasteiger partial charge in [0.1, 0.15) is 0 Å². The third-order valence-electron chi connectivity index (χ3n) is 4.31. The molecule has 1 fully saturated rings. The maximum Gasteiger partial charge on any atom is 0 e. The standard InChI is InChI=1S/C18H17.U/c1-18-8-6-15-11-14(10-13-2-3-13)4-5-16(7-9-18)17(18)12-15;/h4-9,11-13H,1-3,10H2;/q-1;. The van der Waals surface area contributed by atoms with E-state index in [2.05, 4.69) is 55.5 Å². The molecule has 0 heterocycles. The Morgan fingerprint density at radius 1 is 1.05 bits per heavy atom. The second-order valence-corrected chi connectivity index (χ2v) is 5.92. The first kappa shape index (κ1) is 13.5. The molecular formula is C18H17U-. The van der Waals surface area contributed by atoms with Gasteiger partial charge in [0.05, 0.1) is 0 Å². The molecule has 0 aromatic carbocycles. The summed E-state index contributed by atoms with van der Waals surface area (Å²) in [6.45, 7) is 4.33. The van der Waals surface area contributed by atoms with E-state index in [0.29, 0.717) is 0 Å². The minimum absolute atomic E-state index is 0. The molecule has 0 saturated heterocycles. The Bertz CT molecular complexity index is 591. The van der Waals surface area contributed by atoms with Gasteiger partial charge in [0, 0.05) is 31.1 Å². The summed E-state index contributed by atoms with van der Waals surface area (Å²) >= 11 is 0. The Kier molecular flexibility index (Phi) is 3.40. The van der Waals surface area contributed by atoms with Gasteiger partial charge in [-0.05, 0) is 41.9 Å². The molecule has 1 unspecified atom stereocenters. The second kappa shape index (κ2) is 4.80. The van der Waals surface area contributed by atoms with Gasteiger partial charge in [-0.2, -0.15) is 0 Å². The Morgan fingerprint density at radius 2 is 1.84 bits per heavy atom. The summed E-state index contributed by atoms with van der Waals surface area (Å²) in [7, 11) is 0. The molecule has 1 heteroatoms. The fourth-order valence-corrected chi connectivity index (χ4v) is 2.99. The maximum atomic E-state index is 4.33. The summed E-state index contributed by atoms with van der Waals surface area (Å²) < 4.78 is 0. The van der Waals surface area contributed by atoms with E-state index in [9.17, 15) is 0 Å². The first-order valence-corrected chi connectivity index (χ1v) is 6.82. The molecule has 4 rings (SSSR count). The average Bonchev–Trinajstić information content (AvgIpc) is 3.08. The van der Waals surface area contributed by atoms with Crippen LogP contribution in [0.5, 0.6) is 0 Å². The quantitative estimate of drug-likeness (QED) is 0.522. The smallest absolute Gasteiger partial charge is 0 e. The van der Waals surface area contributed by atoms with Crippen LogP contribution >= 0.6 is 0 Å². The Hall–Kier alpha value is -0.508. The Morgan fingerprint density at radius 3 is 2.63 bits per heavy atom. The van der Waals surface area contributed by atoms with Crippen LogP contribution in [-0.4, -0.2) is 0 Å². The van der Waals surface area contributed by atoms with Gasteiger partial charge in [0.15, 0.2) is 0 Å².